The number of hydrogen-bond donors (Lipinski definition) is 0. The fourth-order valence-electron chi connectivity index (χ4n) is 3.17. The van der Waals surface area contributed by atoms with Crippen LogP contribution in [0.4, 0.5) is 16.0 Å². The second kappa shape index (κ2) is 5.70. The van der Waals surface area contributed by atoms with E-state index in [1.807, 2.05) is 6.92 Å². The van der Waals surface area contributed by atoms with Gasteiger partial charge in [0.05, 0.1) is 11.9 Å². The van der Waals surface area contributed by atoms with E-state index in [0.29, 0.717) is 5.71 Å². The van der Waals surface area contributed by atoms with Crippen LogP contribution < -0.4 is 9.80 Å². The van der Waals surface area contributed by atoms with Crippen molar-refractivity contribution in [2.75, 3.05) is 29.4 Å². The number of anilines is 2. The summed E-state index contributed by atoms with van der Waals surface area (Å²) < 4.78 is 18.3. The Kier molecular flexibility index (Phi) is 3.51. The van der Waals surface area contributed by atoms with Gasteiger partial charge in [-0.3, -0.25) is 0 Å². The molecule has 3 aromatic heterocycles. The molecule has 1 aliphatic heterocycles. The Labute approximate surface area is 138 Å². The van der Waals surface area contributed by atoms with Gasteiger partial charge in [0.15, 0.2) is 0 Å². The van der Waals surface area contributed by atoms with E-state index >= 15 is 0 Å². The molecule has 0 N–H and O–H groups in total. The molecule has 24 heavy (non-hydrogen) atoms. The summed E-state index contributed by atoms with van der Waals surface area (Å²) in [4.78, 5) is 17.1. The van der Waals surface area contributed by atoms with Gasteiger partial charge in [0.2, 0.25) is 0 Å². The van der Waals surface area contributed by atoms with Crippen LogP contribution in [-0.4, -0.2) is 45.8 Å². The van der Waals surface area contributed by atoms with Gasteiger partial charge in [-0.05, 0) is 26.0 Å². The quantitative estimate of drug-likeness (QED) is 0.714. The number of aromatic nitrogens is 4. The van der Waals surface area contributed by atoms with Crippen molar-refractivity contribution in [3.05, 3.63) is 36.2 Å². The Morgan fingerprint density at radius 2 is 2.08 bits per heavy atom. The number of nitrogens with zero attached hydrogens (tertiary/aromatic N) is 6. The van der Waals surface area contributed by atoms with Crippen molar-refractivity contribution in [3.8, 4) is 0 Å². The minimum absolute atomic E-state index is 0.210. The lowest BCUT2D eigenvalue weighted by Gasteiger charge is -2.41. The molecule has 4 rings (SSSR count). The molecule has 124 valence electrons. The molecule has 1 unspecified atom stereocenters. The highest BCUT2D eigenvalue weighted by Gasteiger charge is 2.27. The van der Waals surface area contributed by atoms with Crippen molar-refractivity contribution < 1.29 is 8.91 Å². The third-order valence-corrected chi connectivity index (χ3v) is 4.36. The molecule has 8 heteroatoms. The summed E-state index contributed by atoms with van der Waals surface area (Å²) >= 11 is 0. The molecule has 0 spiro atoms. The maximum absolute atomic E-state index is 13.1. The largest absolute Gasteiger partial charge is 0.352 e. The lowest BCUT2D eigenvalue weighted by molar-refractivity contribution is 0.442. The first-order valence-electron chi connectivity index (χ1n) is 7.83. The molecule has 0 aromatic carbocycles. The Hall–Kier alpha value is -2.77. The lowest BCUT2D eigenvalue weighted by Crippen LogP contribution is -2.52. The van der Waals surface area contributed by atoms with Crippen LogP contribution in [0.3, 0.4) is 0 Å². The smallest absolute Gasteiger partial charge is 0.263 e. The molecular weight excluding hydrogens is 311 g/mol. The van der Waals surface area contributed by atoms with E-state index in [4.69, 9.17) is 4.52 Å². The summed E-state index contributed by atoms with van der Waals surface area (Å²) in [6.07, 6.45) is 2.75. The fraction of sp³-hybridized carbons (Fsp3) is 0.375. The summed E-state index contributed by atoms with van der Waals surface area (Å²) in [6, 6.07) is 3.37. The monoisotopic (exact) mass is 328 g/mol. The highest BCUT2D eigenvalue weighted by molar-refractivity contribution is 5.88. The van der Waals surface area contributed by atoms with E-state index in [0.717, 1.165) is 42.4 Å². The van der Waals surface area contributed by atoms with E-state index in [1.54, 1.807) is 6.07 Å². The Balaban J connectivity index is 1.60. The second-order valence-electron chi connectivity index (χ2n) is 5.97. The predicted molar refractivity (Wildman–Crippen MR) is 87.6 cm³/mol. The third-order valence-electron chi connectivity index (χ3n) is 4.36. The van der Waals surface area contributed by atoms with Crippen LogP contribution in [0, 0.1) is 12.7 Å². The molecular formula is C16H17FN6O. The molecule has 1 atom stereocenters. The van der Waals surface area contributed by atoms with Crippen molar-refractivity contribution in [1.29, 1.82) is 0 Å². The molecule has 1 aliphatic rings. The van der Waals surface area contributed by atoms with Crippen molar-refractivity contribution in [1.82, 2.24) is 20.1 Å². The molecule has 1 fully saturated rings. The Morgan fingerprint density at radius 1 is 1.21 bits per heavy atom. The summed E-state index contributed by atoms with van der Waals surface area (Å²) in [7, 11) is 0. The number of piperazine rings is 1. The molecule has 7 nitrogen and oxygen atoms in total. The SMILES string of the molecule is Cc1noc2ncnc(N3CCN(c4ccc(F)cn4)C(C)C3)c12. The van der Waals surface area contributed by atoms with Crippen LogP contribution in [0.25, 0.3) is 11.1 Å². The number of aryl methyl sites for hydroxylation is 1. The maximum atomic E-state index is 13.1. The average Bonchev–Trinajstić information content (AvgIpc) is 2.97. The summed E-state index contributed by atoms with van der Waals surface area (Å²) in [5, 5.41) is 4.84. The number of halogens is 1. The Bertz CT molecular complexity index is 865. The van der Waals surface area contributed by atoms with E-state index in [1.165, 1.54) is 18.6 Å². The number of pyridine rings is 1. The zero-order chi connectivity index (χ0) is 16.7. The molecule has 0 bridgehead atoms. The van der Waals surface area contributed by atoms with Crippen molar-refractivity contribution >= 4 is 22.7 Å². The lowest BCUT2D eigenvalue weighted by atomic mass is 10.1. The van der Waals surface area contributed by atoms with Gasteiger partial charge in [0.25, 0.3) is 5.71 Å². The van der Waals surface area contributed by atoms with Crippen LogP contribution in [0.1, 0.15) is 12.6 Å². The van der Waals surface area contributed by atoms with Gasteiger partial charge in [-0.25, -0.2) is 14.4 Å². The standard InChI is InChI=1S/C16H17FN6O/c1-10-8-22(5-6-23(10)13-4-3-12(17)7-18-13)15-14-11(2)21-24-16(14)20-9-19-15/h3-4,7,9-10H,5-6,8H2,1-2H3. The van der Waals surface area contributed by atoms with Gasteiger partial charge in [0, 0.05) is 25.7 Å². The van der Waals surface area contributed by atoms with Gasteiger partial charge in [-0.15, -0.1) is 0 Å². The highest BCUT2D eigenvalue weighted by atomic mass is 19.1. The zero-order valence-corrected chi connectivity index (χ0v) is 13.5. The molecule has 0 aliphatic carbocycles. The van der Waals surface area contributed by atoms with Gasteiger partial charge in [-0.1, -0.05) is 5.16 Å². The highest BCUT2D eigenvalue weighted by Crippen LogP contribution is 2.28. The topological polar surface area (TPSA) is 71.2 Å². The van der Waals surface area contributed by atoms with Crippen LogP contribution in [0.15, 0.2) is 29.2 Å². The van der Waals surface area contributed by atoms with Gasteiger partial charge in [0.1, 0.15) is 29.2 Å². The normalized spacial score (nSPS) is 18.4. The maximum Gasteiger partial charge on any atom is 0.263 e. The molecule has 4 heterocycles. The van der Waals surface area contributed by atoms with Crippen LogP contribution in [-0.2, 0) is 0 Å². The van der Waals surface area contributed by atoms with Crippen LogP contribution >= 0.6 is 0 Å². The molecule has 3 aromatic rings. The van der Waals surface area contributed by atoms with Gasteiger partial charge >= 0.3 is 0 Å². The predicted octanol–water partition coefficient (Wildman–Crippen LogP) is 2.18. The molecule has 0 amide bonds. The first-order valence-corrected chi connectivity index (χ1v) is 7.83. The summed E-state index contributed by atoms with van der Waals surface area (Å²) in [5.74, 6) is 1.31. The van der Waals surface area contributed by atoms with Crippen LogP contribution in [0.2, 0.25) is 0 Å². The molecule has 0 saturated carbocycles. The fourth-order valence-corrected chi connectivity index (χ4v) is 3.17. The van der Waals surface area contributed by atoms with Crippen molar-refractivity contribution in [2.45, 2.75) is 19.9 Å². The van der Waals surface area contributed by atoms with Gasteiger partial charge in [-0.2, -0.15) is 4.98 Å². The van der Waals surface area contributed by atoms with E-state index in [-0.39, 0.29) is 11.9 Å². The van der Waals surface area contributed by atoms with Gasteiger partial charge < -0.3 is 14.3 Å². The van der Waals surface area contributed by atoms with Crippen molar-refractivity contribution in [2.24, 2.45) is 0 Å². The Morgan fingerprint density at radius 3 is 2.83 bits per heavy atom. The molecule has 1 saturated heterocycles. The van der Waals surface area contributed by atoms with E-state index < -0.39 is 0 Å². The van der Waals surface area contributed by atoms with E-state index in [2.05, 4.69) is 36.8 Å². The molecule has 0 radical (unpaired) electrons. The van der Waals surface area contributed by atoms with Crippen LogP contribution in [0.5, 0.6) is 0 Å². The van der Waals surface area contributed by atoms with E-state index in [9.17, 15) is 4.39 Å². The zero-order valence-electron chi connectivity index (χ0n) is 13.5. The van der Waals surface area contributed by atoms with Crippen molar-refractivity contribution in [3.63, 3.8) is 0 Å². The first-order chi connectivity index (χ1) is 11.6. The minimum atomic E-state index is -0.323. The number of fused-ring (bicyclic) bond motifs is 1. The number of hydrogen-bond acceptors (Lipinski definition) is 7. The third kappa shape index (κ3) is 2.44. The first kappa shape index (κ1) is 14.8. The average molecular weight is 328 g/mol. The second-order valence-corrected chi connectivity index (χ2v) is 5.97. The summed E-state index contributed by atoms with van der Waals surface area (Å²) in [5.41, 5.74) is 1.30. The number of rotatable bonds is 2. The summed E-state index contributed by atoms with van der Waals surface area (Å²) in [6.45, 7) is 6.34. The minimum Gasteiger partial charge on any atom is -0.352 e.